The van der Waals surface area contributed by atoms with Crippen LogP contribution < -0.4 is 10.6 Å². The number of aromatic carboxylic acids is 1. The molecule has 21 heavy (non-hydrogen) atoms. The van der Waals surface area contributed by atoms with Crippen LogP contribution in [0.25, 0.3) is 0 Å². The molecular formula is C15H14Cl2N2O2. The van der Waals surface area contributed by atoms with Gasteiger partial charge < -0.3 is 15.7 Å². The molecule has 0 heterocycles. The fourth-order valence-electron chi connectivity index (χ4n) is 2.06. The van der Waals surface area contributed by atoms with Crippen molar-refractivity contribution in [3.63, 3.8) is 0 Å². The number of rotatable bonds is 4. The maximum absolute atomic E-state index is 11.3. The molecule has 0 radical (unpaired) electrons. The van der Waals surface area contributed by atoms with Gasteiger partial charge in [-0.1, -0.05) is 23.2 Å². The van der Waals surface area contributed by atoms with E-state index in [2.05, 4.69) is 0 Å². The van der Waals surface area contributed by atoms with Crippen molar-refractivity contribution in [2.75, 3.05) is 17.7 Å². The van der Waals surface area contributed by atoms with Crippen LogP contribution in [-0.4, -0.2) is 18.1 Å². The SMILES string of the molecule is CN(Cc1cc(Cl)ccc1Cl)c1ccc(N)cc1C(=O)O. The molecule has 0 fully saturated rings. The number of hydrogen-bond donors (Lipinski definition) is 2. The Bertz CT molecular complexity index is 689. The van der Waals surface area contributed by atoms with Crippen molar-refractivity contribution in [3.8, 4) is 0 Å². The molecule has 0 atom stereocenters. The molecule has 0 spiro atoms. The first kappa shape index (κ1) is 15.5. The molecule has 2 aromatic carbocycles. The van der Waals surface area contributed by atoms with E-state index in [4.69, 9.17) is 28.9 Å². The first-order valence-electron chi connectivity index (χ1n) is 6.16. The smallest absolute Gasteiger partial charge is 0.337 e. The Morgan fingerprint density at radius 3 is 2.62 bits per heavy atom. The molecule has 0 unspecified atom stereocenters. The van der Waals surface area contributed by atoms with Crippen LogP contribution in [0, 0.1) is 0 Å². The lowest BCUT2D eigenvalue weighted by atomic mass is 10.1. The Hall–Kier alpha value is -1.91. The third-order valence-corrected chi connectivity index (χ3v) is 3.68. The van der Waals surface area contributed by atoms with Gasteiger partial charge in [-0.05, 0) is 42.0 Å². The van der Waals surface area contributed by atoms with Gasteiger partial charge in [-0.25, -0.2) is 4.79 Å². The van der Waals surface area contributed by atoms with Crippen molar-refractivity contribution in [1.82, 2.24) is 0 Å². The number of benzene rings is 2. The van der Waals surface area contributed by atoms with Gasteiger partial charge >= 0.3 is 5.97 Å². The largest absolute Gasteiger partial charge is 0.478 e. The van der Waals surface area contributed by atoms with Crippen molar-refractivity contribution in [3.05, 3.63) is 57.6 Å². The Morgan fingerprint density at radius 2 is 1.95 bits per heavy atom. The summed E-state index contributed by atoms with van der Waals surface area (Å²) in [5.74, 6) is -1.03. The van der Waals surface area contributed by atoms with Crippen LogP contribution >= 0.6 is 23.2 Å². The maximum Gasteiger partial charge on any atom is 0.337 e. The summed E-state index contributed by atoms with van der Waals surface area (Å²) in [7, 11) is 1.79. The quantitative estimate of drug-likeness (QED) is 0.837. The normalized spacial score (nSPS) is 10.4. The van der Waals surface area contributed by atoms with Gasteiger partial charge in [0.05, 0.1) is 11.3 Å². The molecule has 2 rings (SSSR count). The summed E-state index contributed by atoms with van der Waals surface area (Å²) in [4.78, 5) is 13.1. The molecule has 0 aliphatic carbocycles. The zero-order chi connectivity index (χ0) is 15.6. The third kappa shape index (κ3) is 3.60. The zero-order valence-electron chi connectivity index (χ0n) is 11.3. The number of nitrogens with two attached hydrogens (primary N) is 1. The maximum atomic E-state index is 11.3. The topological polar surface area (TPSA) is 66.6 Å². The second-order valence-electron chi connectivity index (χ2n) is 4.67. The summed E-state index contributed by atoms with van der Waals surface area (Å²) in [6.07, 6.45) is 0. The average molecular weight is 325 g/mol. The predicted molar refractivity (Wildman–Crippen MR) is 86.4 cm³/mol. The van der Waals surface area contributed by atoms with Gasteiger partial charge in [0.15, 0.2) is 0 Å². The molecule has 4 nitrogen and oxygen atoms in total. The monoisotopic (exact) mass is 324 g/mol. The number of halogens is 2. The van der Waals surface area contributed by atoms with Gasteiger partial charge in [0.25, 0.3) is 0 Å². The van der Waals surface area contributed by atoms with Gasteiger partial charge in [-0.3, -0.25) is 0 Å². The van der Waals surface area contributed by atoms with Gasteiger partial charge in [-0.2, -0.15) is 0 Å². The fourth-order valence-corrected chi connectivity index (χ4v) is 2.43. The van der Waals surface area contributed by atoms with E-state index in [1.807, 2.05) is 0 Å². The molecule has 0 saturated carbocycles. The number of nitrogen functional groups attached to an aromatic ring is 1. The second kappa shape index (κ2) is 6.24. The van der Waals surface area contributed by atoms with Crippen LogP contribution in [0.2, 0.25) is 10.0 Å². The van der Waals surface area contributed by atoms with Crippen molar-refractivity contribution < 1.29 is 9.90 Å². The predicted octanol–water partition coefficient (Wildman–Crippen LogP) is 3.91. The number of carboxylic acids is 1. The number of anilines is 2. The minimum Gasteiger partial charge on any atom is -0.478 e. The van der Waals surface area contributed by atoms with Crippen molar-refractivity contribution >= 4 is 40.5 Å². The highest BCUT2D eigenvalue weighted by Crippen LogP contribution is 2.27. The van der Waals surface area contributed by atoms with E-state index in [1.165, 1.54) is 6.07 Å². The summed E-state index contributed by atoms with van der Waals surface area (Å²) in [6, 6.07) is 9.97. The fraction of sp³-hybridized carbons (Fsp3) is 0.133. The molecule has 0 aliphatic rings. The van der Waals surface area contributed by atoms with E-state index >= 15 is 0 Å². The highest BCUT2D eigenvalue weighted by molar-refractivity contribution is 6.33. The third-order valence-electron chi connectivity index (χ3n) is 3.08. The highest BCUT2D eigenvalue weighted by atomic mass is 35.5. The molecule has 2 aromatic rings. The molecule has 0 aromatic heterocycles. The zero-order valence-corrected chi connectivity index (χ0v) is 12.8. The minimum absolute atomic E-state index is 0.149. The van der Waals surface area contributed by atoms with Crippen LogP contribution in [-0.2, 0) is 6.54 Å². The van der Waals surface area contributed by atoms with Gasteiger partial charge in [0, 0.05) is 29.3 Å². The Morgan fingerprint density at radius 1 is 1.24 bits per heavy atom. The van der Waals surface area contributed by atoms with Crippen LogP contribution in [0.1, 0.15) is 15.9 Å². The van der Waals surface area contributed by atoms with Gasteiger partial charge in [-0.15, -0.1) is 0 Å². The first-order chi connectivity index (χ1) is 9.88. The van der Waals surface area contributed by atoms with E-state index in [0.717, 1.165) is 5.56 Å². The summed E-state index contributed by atoms with van der Waals surface area (Å²) < 4.78 is 0. The first-order valence-corrected chi connectivity index (χ1v) is 6.92. The lowest BCUT2D eigenvalue weighted by Gasteiger charge is -2.22. The standard InChI is InChI=1S/C15H14Cl2N2O2/c1-19(8-9-6-10(16)2-4-13(9)17)14-5-3-11(18)7-12(14)15(20)21/h2-7H,8,18H2,1H3,(H,20,21). The summed E-state index contributed by atoms with van der Waals surface area (Å²) in [6.45, 7) is 0.434. The summed E-state index contributed by atoms with van der Waals surface area (Å²) in [5.41, 5.74) is 7.58. The lowest BCUT2D eigenvalue weighted by molar-refractivity contribution is 0.0697. The van der Waals surface area contributed by atoms with Crippen LogP contribution in [0.15, 0.2) is 36.4 Å². The molecule has 0 bridgehead atoms. The van der Waals surface area contributed by atoms with Gasteiger partial charge in [0.1, 0.15) is 0 Å². The van der Waals surface area contributed by atoms with E-state index in [-0.39, 0.29) is 5.56 Å². The molecule has 3 N–H and O–H groups in total. The van der Waals surface area contributed by atoms with E-state index in [9.17, 15) is 9.90 Å². The van der Waals surface area contributed by atoms with Crippen LogP contribution in [0.3, 0.4) is 0 Å². The van der Waals surface area contributed by atoms with Crippen molar-refractivity contribution in [2.45, 2.75) is 6.54 Å². The molecule has 110 valence electrons. The summed E-state index contributed by atoms with van der Waals surface area (Å²) in [5, 5.41) is 10.4. The van der Waals surface area contributed by atoms with E-state index < -0.39 is 5.97 Å². The lowest BCUT2D eigenvalue weighted by Crippen LogP contribution is -2.19. The van der Waals surface area contributed by atoms with Crippen LogP contribution in [0.5, 0.6) is 0 Å². The summed E-state index contributed by atoms with van der Waals surface area (Å²) >= 11 is 12.1. The average Bonchev–Trinajstić information content (AvgIpc) is 2.42. The second-order valence-corrected chi connectivity index (χ2v) is 5.52. The number of carbonyl (C=O) groups is 1. The number of carboxylic acid groups (broad SMARTS) is 1. The Balaban J connectivity index is 2.34. The molecular weight excluding hydrogens is 311 g/mol. The number of nitrogens with zero attached hydrogens (tertiary/aromatic N) is 1. The van der Waals surface area contributed by atoms with Crippen molar-refractivity contribution in [1.29, 1.82) is 0 Å². The van der Waals surface area contributed by atoms with Gasteiger partial charge in [0.2, 0.25) is 0 Å². The van der Waals surface area contributed by atoms with E-state index in [1.54, 1.807) is 42.3 Å². The van der Waals surface area contributed by atoms with Crippen LogP contribution in [0.4, 0.5) is 11.4 Å². The highest BCUT2D eigenvalue weighted by Gasteiger charge is 2.15. The molecule has 6 heteroatoms. The molecule has 0 aliphatic heterocycles. The molecule has 0 amide bonds. The van der Waals surface area contributed by atoms with Crippen molar-refractivity contribution in [2.24, 2.45) is 0 Å². The molecule has 0 saturated heterocycles. The Labute approximate surface area is 132 Å². The minimum atomic E-state index is -1.03. The number of hydrogen-bond acceptors (Lipinski definition) is 3. The van der Waals surface area contributed by atoms with E-state index in [0.29, 0.717) is 28.0 Å². The Kier molecular flexibility index (Phi) is 4.60.